The van der Waals surface area contributed by atoms with Crippen molar-refractivity contribution in [1.82, 2.24) is 9.55 Å². The van der Waals surface area contributed by atoms with E-state index in [1.54, 1.807) is 6.20 Å². The van der Waals surface area contributed by atoms with Crippen LogP contribution in [0.2, 0.25) is 0 Å². The number of hydrogen-bond donors (Lipinski definition) is 0. The molecule has 0 atom stereocenters. The topological polar surface area (TPSA) is 17.8 Å². The molecule has 0 aromatic carbocycles. The third-order valence-corrected chi connectivity index (χ3v) is 1.89. The van der Waals surface area contributed by atoms with Crippen LogP contribution in [0.15, 0.2) is 18.7 Å². The maximum absolute atomic E-state index is 3.92. The Morgan fingerprint density at radius 3 is 3.11 bits per heavy atom. The molecule has 2 nitrogen and oxygen atoms in total. The van der Waals surface area contributed by atoms with E-state index >= 15 is 0 Å². The fourth-order valence-electron chi connectivity index (χ4n) is 0.560. The molecule has 0 spiro atoms. The van der Waals surface area contributed by atoms with Crippen molar-refractivity contribution in [3.05, 3.63) is 18.7 Å². The molecule has 0 amide bonds. The van der Waals surface area contributed by atoms with E-state index in [9.17, 15) is 0 Å². The maximum atomic E-state index is 3.92. The number of nitrogens with zero attached hydrogens (tertiary/aromatic N) is 2. The zero-order valence-electron chi connectivity index (χ0n) is 5.45. The van der Waals surface area contributed by atoms with E-state index in [2.05, 4.69) is 16.5 Å². The van der Waals surface area contributed by atoms with Crippen LogP contribution in [0.1, 0.15) is 6.92 Å². The Morgan fingerprint density at radius 2 is 2.56 bits per heavy atom. The summed E-state index contributed by atoms with van der Waals surface area (Å²) in [4.78, 5) is 3.92. The van der Waals surface area contributed by atoms with Gasteiger partial charge in [0.25, 0.3) is 0 Å². The van der Waals surface area contributed by atoms with E-state index in [-0.39, 0.29) is 0 Å². The first-order valence-corrected chi connectivity index (χ1v) is 4.12. The zero-order chi connectivity index (χ0) is 6.53. The molecule has 1 aromatic heterocycles. The molecule has 1 rings (SSSR count). The normalized spacial score (nSPS) is 9.89. The predicted molar refractivity (Wildman–Crippen MR) is 40.4 cm³/mol. The first-order chi connectivity index (χ1) is 4.43. The smallest absolute Gasteiger partial charge is 0.0953 e. The van der Waals surface area contributed by atoms with Crippen LogP contribution in [0.25, 0.3) is 0 Å². The fourth-order valence-corrected chi connectivity index (χ4v) is 1.11. The van der Waals surface area contributed by atoms with Crippen molar-refractivity contribution in [2.45, 2.75) is 12.8 Å². The van der Waals surface area contributed by atoms with E-state index in [1.165, 1.54) is 0 Å². The Bertz CT molecular complexity index is 148. The lowest BCUT2D eigenvalue weighted by Gasteiger charge is -1.96. The second-order valence-electron chi connectivity index (χ2n) is 1.70. The van der Waals surface area contributed by atoms with Gasteiger partial charge in [-0.25, -0.2) is 4.98 Å². The molecule has 0 aliphatic rings. The van der Waals surface area contributed by atoms with Crippen molar-refractivity contribution in [2.75, 3.05) is 5.75 Å². The monoisotopic (exact) mass is 142 g/mol. The van der Waals surface area contributed by atoms with Crippen LogP contribution in [-0.2, 0) is 5.88 Å². The molecule has 3 heteroatoms. The Hall–Kier alpha value is -0.440. The summed E-state index contributed by atoms with van der Waals surface area (Å²) < 4.78 is 2.06. The van der Waals surface area contributed by atoms with Crippen molar-refractivity contribution in [3.8, 4) is 0 Å². The third kappa shape index (κ3) is 2.10. The van der Waals surface area contributed by atoms with Gasteiger partial charge in [-0.05, 0) is 5.75 Å². The maximum Gasteiger partial charge on any atom is 0.0953 e. The molecule has 0 radical (unpaired) electrons. The lowest BCUT2D eigenvalue weighted by Crippen LogP contribution is -1.88. The summed E-state index contributed by atoms with van der Waals surface area (Å²) in [6.07, 6.45) is 5.61. The van der Waals surface area contributed by atoms with Gasteiger partial charge in [0.05, 0.1) is 12.2 Å². The Morgan fingerprint density at radius 1 is 1.67 bits per heavy atom. The highest BCUT2D eigenvalue weighted by Gasteiger charge is 1.85. The van der Waals surface area contributed by atoms with Crippen molar-refractivity contribution in [3.63, 3.8) is 0 Å². The van der Waals surface area contributed by atoms with Crippen molar-refractivity contribution < 1.29 is 0 Å². The van der Waals surface area contributed by atoms with Gasteiger partial charge >= 0.3 is 0 Å². The molecule has 0 bridgehead atoms. The van der Waals surface area contributed by atoms with Crippen LogP contribution in [0.4, 0.5) is 0 Å². The molecule has 50 valence electrons. The van der Waals surface area contributed by atoms with Crippen LogP contribution in [0, 0.1) is 0 Å². The first-order valence-electron chi connectivity index (χ1n) is 2.97. The van der Waals surface area contributed by atoms with Gasteiger partial charge in [0, 0.05) is 12.4 Å². The van der Waals surface area contributed by atoms with E-state index in [0.29, 0.717) is 0 Å². The highest BCUT2D eigenvalue weighted by atomic mass is 32.2. The van der Waals surface area contributed by atoms with Gasteiger partial charge in [-0.1, -0.05) is 6.92 Å². The highest BCUT2D eigenvalue weighted by molar-refractivity contribution is 7.98. The molecule has 0 N–H and O–H groups in total. The molecule has 0 aliphatic carbocycles. The second kappa shape index (κ2) is 3.56. The molecule has 0 saturated carbocycles. The van der Waals surface area contributed by atoms with E-state index in [1.807, 2.05) is 24.3 Å². The van der Waals surface area contributed by atoms with Crippen LogP contribution >= 0.6 is 11.8 Å². The second-order valence-corrected chi connectivity index (χ2v) is 2.94. The fraction of sp³-hybridized carbons (Fsp3) is 0.500. The number of imidazole rings is 1. The van der Waals surface area contributed by atoms with Gasteiger partial charge in [-0.2, -0.15) is 0 Å². The minimum absolute atomic E-state index is 1.02. The van der Waals surface area contributed by atoms with E-state index in [0.717, 1.165) is 11.6 Å². The third-order valence-electron chi connectivity index (χ3n) is 1.00. The number of aromatic nitrogens is 2. The van der Waals surface area contributed by atoms with Crippen LogP contribution < -0.4 is 0 Å². The number of hydrogen-bond acceptors (Lipinski definition) is 2. The SMILES string of the molecule is CCSCn1ccnc1. The summed E-state index contributed by atoms with van der Waals surface area (Å²) >= 11 is 1.89. The first kappa shape index (κ1) is 6.68. The Balaban J connectivity index is 2.30. The molecule has 1 heterocycles. The number of rotatable bonds is 3. The minimum Gasteiger partial charge on any atom is -0.328 e. The summed E-state index contributed by atoms with van der Waals surface area (Å²) in [6.45, 7) is 2.15. The summed E-state index contributed by atoms with van der Waals surface area (Å²) in [5, 5.41) is 0. The lowest BCUT2D eigenvalue weighted by molar-refractivity contribution is 0.889. The molecular formula is C6H10N2S. The Labute approximate surface area is 59.3 Å². The van der Waals surface area contributed by atoms with Gasteiger partial charge in [-0.15, -0.1) is 11.8 Å². The average molecular weight is 142 g/mol. The van der Waals surface area contributed by atoms with Crippen molar-refractivity contribution in [1.29, 1.82) is 0 Å². The number of thioether (sulfide) groups is 1. The summed E-state index contributed by atoms with van der Waals surface area (Å²) in [6, 6.07) is 0. The lowest BCUT2D eigenvalue weighted by atomic mass is 10.9. The van der Waals surface area contributed by atoms with Crippen LogP contribution in [0.3, 0.4) is 0 Å². The van der Waals surface area contributed by atoms with Gasteiger partial charge < -0.3 is 4.57 Å². The largest absolute Gasteiger partial charge is 0.328 e. The standard InChI is InChI=1S/C6H10N2S/c1-2-9-6-8-4-3-7-5-8/h3-5H,2,6H2,1H3. The summed E-state index contributed by atoms with van der Waals surface area (Å²) in [5.74, 6) is 2.19. The summed E-state index contributed by atoms with van der Waals surface area (Å²) in [7, 11) is 0. The van der Waals surface area contributed by atoms with Crippen LogP contribution in [-0.4, -0.2) is 15.3 Å². The van der Waals surface area contributed by atoms with Gasteiger partial charge in [0.1, 0.15) is 0 Å². The van der Waals surface area contributed by atoms with Crippen molar-refractivity contribution >= 4 is 11.8 Å². The quantitative estimate of drug-likeness (QED) is 0.638. The molecular weight excluding hydrogens is 132 g/mol. The average Bonchev–Trinajstić information content (AvgIpc) is 2.34. The molecule has 1 aromatic rings. The minimum atomic E-state index is 1.02. The molecule has 0 aliphatic heterocycles. The molecule has 0 saturated heterocycles. The van der Waals surface area contributed by atoms with Gasteiger partial charge in [-0.3, -0.25) is 0 Å². The summed E-state index contributed by atoms with van der Waals surface area (Å²) in [5.41, 5.74) is 0. The molecule has 0 fully saturated rings. The van der Waals surface area contributed by atoms with Gasteiger partial charge in [0.2, 0.25) is 0 Å². The van der Waals surface area contributed by atoms with E-state index < -0.39 is 0 Å². The zero-order valence-corrected chi connectivity index (χ0v) is 6.27. The van der Waals surface area contributed by atoms with Crippen LogP contribution in [0.5, 0.6) is 0 Å². The van der Waals surface area contributed by atoms with Crippen molar-refractivity contribution in [2.24, 2.45) is 0 Å². The Kier molecular flexibility index (Phi) is 2.64. The highest BCUT2D eigenvalue weighted by Crippen LogP contribution is 2.01. The van der Waals surface area contributed by atoms with E-state index in [4.69, 9.17) is 0 Å². The molecule has 0 unspecified atom stereocenters. The predicted octanol–water partition coefficient (Wildman–Crippen LogP) is 1.59. The molecule has 9 heavy (non-hydrogen) atoms. The van der Waals surface area contributed by atoms with Gasteiger partial charge in [0.15, 0.2) is 0 Å².